The Morgan fingerprint density at radius 1 is 1.50 bits per heavy atom. The topological polar surface area (TPSA) is 68.2 Å². The van der Waals surface area contributed by atoms with Crippen molar-refractivity contribution in [2.24, 2.45) is 11.7 Å². The van der Waals surface area contributed by atoms with Crippen molar-refractivity contribution in [3.8, 4) is 0 Å². The van der Waals surface area contributed by atoms with E-state index in [1.165, 1.54) is 0 Å². The number of anilines is 1. The van der Waals surface area contributed by atoms with E-state index in [2.05, 4.69) is 22.3 Å². The maximum Gasteiger partial charge on any atom is 0.152 e. The van der Waals surface area contributed by atoms with Gasteiger partial charge in [0, 0.05) is 18.9 Å². The molecule has 16 heavy (non-hydrogen) atoms. The first kappa shape index (κ1) is 10.9. The van der Waals surface area contributed by atoms with Crippen molar-refractivity contribution in [2.45, 2.75) is 13.3 Å². The summed E-state index contributed by atoms with van der Waals surface area (Å²) in [6.45, 7) is 3.79. The molecule has 2 aromatic rings. The quantitative estimate of drug-likeness (QED) is 0.791. The van der Waals surface area contributed by atoms with Crippen molar-refractivity contribution in [1.29, 1.82) is 0 Å². The van der Waals surface area contributed by atoms with Gasteiger partial charge in [-0.15, -0.1) is 0 Å². The van der Waals surface area contributed by atoms with Crippen molar-refractivity contribution in [2.75, 3.05) is 18.4 Å². The average molecular weight is 219 g/mol. The second-order valence-corrected chi connectivity index (χ2v) is 4.00. The lowest BCUT2D eigenvalue weighted by Crippen LogP contribution is -2.16. The fourth-order valence-electron chi connectivity index (χ4n) is 1.65. The second kappa shape index (κ2) is 4.94. The molecule has 0 radical (unpaired) electrons. The summed E-state index contributed by atoms with van der Waals surface area (Å²) in [6, 6.07) is 1.95. The van der Waals surface area contributed by atoms with Gasteiger partial charge in [0.05, 0.1) is 6.20 Å². The van der Waals surface area contributed by atoms with E-state index < -0.39 is 0 Å². The number of rotatable bonds is 5. The van der Waals surface area contributed by atoms with E-state index in [0.29, 0.717) is 5.92 Å². The van der Waals surface area contributed by atoms with E-state index in [1.54, 1.807) is 12.4 Å². The molecular formula is C11H17N5. The summed E-state index contributed by atoms with van der Waals surface area (Å²) in [5.41, 5.74) is 6.52. The Morgan fingerprint density at radius 2 is 2.38 bits per heavy atom. The van der Waals surface area contributed by atoms with E-state index in [0.717, 1.165) is 30.8 Å². The van der Waals surface area contributed by atoms with Gasteiger partial charge in [0.15, 0.2) is 5.82 Å². The van der Waals surface area contributed by atoms with Gasteiger partial charge in [0.1, 0.15) is 5.52 Å². The largest absolute Gasteiger partial charge is 0.368 e. The molecule has 0 aromatic carbocycles. The van der Waals surface area contributed by atoms with Gasteiger partial charge in [0.25, 0.3) is 0 Å². The third kappa shape index (κ3) is 2.30. The minimum atomic E-state index is 0.551. The van der Waals surface area contributed by atoms with Gasteiger partial charge in [-0.2, -0.15) is 5.10 Å². The van der Waals surface area contributed by atoms with E-state index in [4.69, 9.17) is 5.73 Å². The van der Waals surface area contributed by atoms with Crippen LogP contribution in [0.2, 0.25) is 0 Å². The maximum absolute atomic E-state index is 5.51. The van der Waals surface area contributed by atoms with E-state index in [1.807, 2.05) is 16.8 Å². The van der Waals surface area contributed by atoms with Crippen LogP contribution in [0.4, 0.5) is 5.82 Å². The van der Waals surface area contributed by atoms with Crippen molar-refractivity contribution in [3.05, 3.63) is 24.7 Å². The van der Waals surface area contributed by atoms with Crippen LogP contribution in [0.25, 0.3) is 5.52 Å². The van der Waals surface area contributed by atoms with Crippen LogP contribution < -0.4 is 11.1 Å². The molecule has 2 heterocycles. The van der Waals surface area contributed by atoms with Crippen LogP contribution in [0, 0.1) is 5.92 Å². The second-order valence-electron chi connectivity index (χ2n) is 4.00. The molecule has 5 nitrogen and oxygen atoms in total. The first-order valence-electron chi connectivity index (χ1n) is 5.53. The predicted octanol–water partition coefficient (Wildman–Crippen LogP) is 1.13. The highest BCUT2D eigenvalue weighted by Crippen LogP contribution is 2.13. The first-order valence-corrected chi connectivity index (χ1v) is 5.53. The van der Waals surface area contributed by atoms with Gasteiger partial charge < -0.3 is 11.1 Å². The Hall–Kier alpha value is -1.62. The van der Waals surface area contributed by atoms with Gasteiger partial charge in [-0.1, -0.05) is 6.92 Å². The fourth-order valence-corrected chi connectivity index (χ4v) is 1.65. The lowest BCUT2D eigenvalue weighted by molar-refractivity contribution is 0.567. The van der Waals surface area contributed by atoms with Crippen LogP contribution in [0.5, 0.6) is 0 Å². The molecule has 0 aliphatic heterocycles. The summed E-state index contributed by atoms with van der Waals surface area (Å²) in [4.78, 5) is 4.31. The van der Waals surface area contributed by atoms with Gasteiger partial charge in [-0.3, -0.25) is 0 Å². The fraction of sp³-hybridized carbons (Fsp3) is 0.455. The van der Waals surface area contributed by atoms with Crippen molar-refractivity contribution in [1.82, 2.24) is 14.6 Å². The Morgan fingerprint density at radius 3 is 3.19 bits per heavy atom. The Bertz CT molecular complexity index is 450. The van der Waals surface area contributed by atoms with Gasteiger partial charge in [0.2, 0.25) is 0 Å². The van der Waals surface area contributed by atoms with Crippen LogP contribution in [0.1, 0.15) is 13.3 Å². The highest BCUT2D eigenvalue weighted by molar-refractivity contribution is 5.66. The number of nitrogens with two attached hydrogens (primary N) is 1. The minimum Gasteiger partial charge on any atom is -0.368 e. The van der Waals surface area contributed by atoms with Crippen LogP contribution in [0.3, 0.4) is 0 Å². The molecule has 2 aromatic heterocycles. The molecule has 0 aliphatic rings. The van der Waals surface area contributed by atoms with E-state index in [-0.39, 0.29) is 0 Å². The molecule has 5 heteroatoms. The zero-order valence-electron chi connectivity index (χ0n) is 9.43. The summed E-state index contributed by atoms with van der Waals surface area (Å²) >= 11 is 0. The SMILES string of the molecule is CC(CCN)CNc1nccn2nccc12. The average Bonchev–Trinajstić information content (AvgIpc) is 2.75. The van der Waals surface area contributed by atoms with E-state index in [9.17, 15) is 0 Å². The molecule has 0 saturated carbocycles. The van der Waals surface area contributed by atoms with Gasteiger partial charge in [-0.05, 0) is 24.9 Å². The molecule has 0 saturated heterocycles. The highest BCUT2D eigenvalue weighted by Gasteiger charge is 2.04. The molecule has 0 spiro atoms. The first-order chi connectivity index (χ1) is 7.81. The molecule has 0 aliphatic carbocycles. The molecule has 86 valence electrons. The predicted molar refractivity (Wildman–Crippen MR) is 64.3 cm³/mol. The summed E-state index contributed by atoms with van der Waals surface area (Å²) in [5, 5.41) is 7.49. The highest BCUT2D eigenvalue weighted by atomic mass is 15.2. The van der Waals surface area contributed by atoms with Gasteiger partial charge in [-0.25, -0.2) is 9.50 Å². The minimum absolute atomic E-state index is 0.551. The van der Waals surface area contributed by atoms with Crippen molar-refractivity contribution in [3.63, 3.8) is 0 Å². The normalized spacial score (nSPS) is 12.9. The van der Waals surface area contributed by atoms with Crippen molar-refractivity contribution >= 4 is 11.3 Å². The molecule has 3 N–H and O–H groups in total. The standard InChI is InChI=1S/C11H17N5/c1-9(2-4-12)8-14-11-10-3-5-15-16(10)7-6-13-11/h3,5-7,9H,2,4,8,12H2,1H3,(H,13,14). The zero-order chi connectivity index (χ0) is 11.4. The summed E-state index contributed by atoms with van der Waals surface area (Å²) in [5.74, 6) is 1.43. The molecule has 2 rings (SSSR count). The van der Waals surface area contributed by atoms with Crippen LogP contribution >= 0.6 is 0 Å². The molecule has 1 atom stereocenters. The maximum atomic E-state index is 5.51. The number of hydrogen-bond donors (Lipinski definition) is 2. The number of aromatic nitrogens is 3. The summed E-state index contributed by atoms with van der Waals surface area (Å²) in [7, 11) is 0. The Labute approximate surface area is 94.7 Å². The zero-order valence-corrected chi connectivity index (χ0v) is 9.43. The smallest absolute Gasteiger partial charge is 0.152 e. The van der Waals surface area contributed by atoms with Crippen LogP contribution in [-0.4, -0.2) is 27.7 Å². The molecular weight excluding hydrogens is 202 g/mol. The molecule has 0 bridgehead atoms. The number of fused-ring (bicyclic) bond motifs is 1. The van der Waals surface area contributed by atoms with Gasteiger partial charge >= 0.3 is 0 Å². The third-order valence-corrected chi connectivity index (χ3v) is 2.60. The van der Waals surface area contributed by atoms with Crippen LogP contribution in [0.15, 0.2) is 24.7 Å². The summed E-state index contributed by atoms with van der Waals surface area (Å²) < 4.78 is 1.81. The number of nitrogens with zero attached hydrogens (tertiary/aromatic N) is 3. The lowest BCUT2D eigenvalue weighted by Gasteiger charge is -2.12. The van der Waals surface area contributed by atoms with E-state index >= 15 is 0 Å². The van der Waals surface area contributed by atoms with Crippen LogP contribution in [-0.2, 0) is 0 Å². The molecule has 0 fully saturated rings. The molecule has 1 unspecified atom stereocenters. The number of hydrogen-bond acceptors (Lipinski definition) is 4. The van der Waals surface area contributed by atoms with Crippen molar-refractivity contribution < 1.29 is 0 Å². The Balaban J connectivity index is 2.06. The number of nitrogens with one attached hydrogen (secondary N) is 1. The Kier molecular flexibility index (Phi) is 3.36. The third-order valence-electron chi connectivity index (χ3n) is 2.60. The lowest BCUT2D eigenvalue weighted by atomic mass is 10.1. The summed E-state index contributed by atoms with van der Waals surface area (Å²) in [6.07, 6.45) is 6.38. The monoisotopic (exact) mass is 219 g/mol. The molecule has 0 amide bonds.